The molecule has 0 amide bonds. The minimum absolute atomic E-state index is 0.478. The molecule has 0 aromatic rings. The predicted molar refractivity (Wildman–Crippen MR) is 79.2 cm³/mol. The smallest absolute Gasteiger partial charge is 0.461 e. The average molecular weight is 270 g/mol. The fraction of sp³-hybridized carbons (Fsp3) is 1.00. The first-order valence-corrected chi connectivity index (χ1v) is 9.91. The van der Waals surface area contributed by atoms with Crippen molar-refractivity contribution in [3.05, 3.63) is 0 Å². The van der Waals surface area contributed by atoms with E-state index in [1.54, 1.807) is 0 Å². The Morgan fingerprint density at radius 1 is 1.11 bits per heavy atom. The summed E-state index contributed by atoms with van der Waals surface area (Å²) in [6.45, 7) is 11.1. The maximum Gasteiger partial charge on any atom is 0.461 e. The van der Waals surface area contributed by atoms with Gasteiger partial charge in [-0.3, -0.25) is 0 Å². The van der Waals surface area contributed by atoms with Crippen LogP contribution in [0.4, 0.5) is 0 Å². The van der Waals surface area contributed by atoms with E-state index in [4.69, 9.17) is 8.53 Å². The fourth-order valence-electron chi connectivity index (χ4n) is 2.69. The molecule has 18 heavy (non-hydrogen) atoms. The zero-order valence-corrected chi connectivity index (χ0v) is 13.9. The quantitative estimate of drug-likeness (QED) is 0.613. The molecule has 0 aliphatic carbocycles. The highest BCUT2D eigenvalue weighted by molar-refractivity contribution is 6.51. The van der Waals surface area contributed by atoms with Crippen LogP contribution in [0.2, 0.25) is 10.6 Å². The molecule has 1 rings (SSSR count). The molecule has 0 radical (unpaired) electrons. The van der Waals surface area contributed by atoms with Gasteiger partial charge in [-0.25, -0.2) is 0 Å². The van der Waals surface area contributed by atoms with Crippen LogP contribution in [-0.2, 0) is 8.53 Å². The van der Waals surface area contributed by atoms with E-state index in [0.717, 1.165) is 31.5 Å². The molecule has 0 N–H and O–H groups in total. The lowest BCUT2D eigenvalue weighted by atomic mass is 10.1. The second kappa shape index (κ2) is 9.37. The molecule has 0 aromatic carbocycles. The molecule has 1 saturated heterocycles. The van der Waals surface area contributed by atoms with Crippen molar-refractivity contribution in [1.29, 1.82) is 0 Å². The second-order valence-corrected chi connectivity index (χ2v) is 9.05. The Morgan fingerprint density at radius 2 is 1.78 bits per heavy atom. The highest BCUT2D eigenvalue weighted by Crippen LogP contribution is 2.18. The van der Waals surface area contributed by atoms with Gasteiger partial charge in [-0.1, -0.05) is 50.1 Å². The number of hydrogen-bond donors (Lipinski definition) is 0. The van der Waals surface area contributed by atoms with Crippen LogP contribution in [0.5, 0.6) is 0 Å². The molecule has 1 heterocycles. The molecule has 0 bridgehead atoms. The van der Waals surface area contributed by atoms with E-state index >= 15 is 0 Å². The highest BCUT2D eigenvalue weighted by Gasteiger charge is 2.24. The monoisotopic (exact) mass is 270 g/mol. The largest absolute Gasteiger partial charge is 0.501 e. The third-order valence-electron chi connectivity index (χ3n) is 3.54. The first-order chi connectivity index (χ1) is 8.58. The van der Waals surface area contributed by atoms with Gasteiger partial charge in [-0.05, 0) is 25.7 Å². The highest BCUT2D eigenvalue weighted by atomic mass is 27.2. The lowest BCUT2D eigenvalue weighted by Crippen LogP contribution is -2.26. The van der Waals surface area contributed by atoms with Crippen LogP contribution in [0.25, 0.3) is 0 Å². The van der Waals surface area contributed by atoms with E-state index in [-0.39, 0.29) is 0 Å². The van der Waals surface area contributed by atoms with E-state index in [0.29, 0.717) is 6.10 Å². The molecule has 106 valence electrons. The van der Waals surface area contributed by atoms with Gasteiger partial charge in [0, 0.05) is 13.2 Å². The van der Waals surface area contributed by atoms with Crippen molar-refractivity contribution in [3.8, 4) is 0 Å². The van der Waals surface area contributed by atoms with Gasteiger partial charge in [0.05, 0.1) is 6.10 Å². The van der Waals surface area contributed by atoms with Crippen LogP contribution in [-0.4, -0.2) is 33.8 Å². The summed E-state index contributed by atoms with van der Waals surface area (Å²) in [5, 5.41) is 2.65. The Balaban J connectivity index is 2.18. The van der Waals surface area contributed by atoms with Crippen molar-refractivity contribution in [2.45, 2.75) is 70.0 Å². The van der Waals surface area contributed by atoms with E-state index in [9.17, 15) is 0 Å². The van der Waals surface area contributed by atoms with E-state index in [1.165, 1.54) is 29.8 Å². The molecule has 0 spiro atoms. The van der Waals surface area contributed by atoms with Gasteiger partial charge in [-0.2, -0.15) is 0 Å². The van der Waals surface area contributed by atoms with Crippen LogP contribution in [0.1, 0.15) is 53.4 Å². The molecular weight excluding hydrogens is 239 g/mol. The number of rotatable bonds is 8. The van der Waals surface area contributed by atoms with Crippen molar-refractivity contribution in [1.82, 2.24) is 0 Å². The SMILES string of the molecule is CC(C)[CH2][Al]([CH2]C(C)C)[O]CCC1CCCCO1. The Kier molecular flexibility index (Phi) is 8.59. The minimum Gasteiger partial charge on any atom is -0.501 e. The van der Waals surface area contributed by atoms with Gasteiger partial charge in [0.15, 0.2) is 0 Å². The molecular formula is C15H31AlO2. The molecule has 2 nitrogen and oxygen atoms in total. The fourth-order valence-corrected chi connectivity index (χ4v) is 5.72. The van der Waals surface area contributed by atoms with Crippen molar-refractivity contribution >= 4 is 14.5 Å². The molecule has 1 fully saturated rings. The lowest BCUT2D eigenvalue weighted by molar-refractivity contribution is 0.00372. The summed E-state index contributed by atoms with van der Waals surface area (Å²) < 4.78 is 12.0. The molecule has 1 atom stereocenters. The Hall–Kier alpha value is 0.452. The molecule has 1 aliphatic heterocycles. The standard InChI is InChI=1S/C7H13O2.2C4H9.Al/c8-5-4-7-3-1-2-6-9-7;2*1-4(2)3;/h7H,1-6H2;2*4H,1H2,2-3H3;/q-1;;;+1. The van der Waals surface area contributed by atoms with E-state index in [2.05, 4.69) is 27.7 Å². The summed E-state index contributed by atoms with van der Waals surface area (Å²) >= 11 is -0.977. The molecule has 0 saturated carbocycles. The Labute approximate surface area is 118 Å². The third kappa shape index (κ3) is 7.79. The normalized spacial score (nSPS) is 20.7. The van der Waals surface area contributed by atoms with Gasteiger partial charge in [0.25, 0.3) is 0 Å². The Bertz CT molecular complexity index is 191. The van der Waals surface area contributed by atoms with Crippen LogP contribution in [0, 0.1) is 11.8 Å². The Morgan fingerprint density at radius 3 is 2.28 bits per heavy atom. The van der Waals surface area contributed by atoms with Gasteiger partial charge in [0.2, 0.25) is 0 Å². The molecule has 0 aromatic heterocycles. The van der Waals surface area contributed by atoms with Crippen molar-refractivity contribution in [2.24, 2.45) is 11.8 Å². The summed E-state index contributed by atoms with van der Waals surface area (Å²) in [4.78, 5) is 0. The first kappa shape index (κ1) is 16.5. The second-order valence-electron chi connectivity index (χ2n) is 6.53. The van der Waals surface area contributed by atoms with Crippen molar-refractivity contribution in [2.75, 3.05) is 13.2 Å². The average Bonchev–Trinajstić information content (AvgIpc) is 2.28. The summed E-state index contributed by atoms with van der Waals surface area (Å²) in [5.41, 5.74) is 0. The maximum absolute atomic E-state index is 6.23. The zero-order valence-electron chi connectivity index (χ0n) is 12.8. The van der Waals surface area contributed by atoms with Crippen molar-refractivity contribution in [3.63, 3.8) is 0 Å². The molecule has 1 unspecified atom stereocenters. The molecule has 3 heteroatoms. The summed E-state index contributed by atoms with van der Waals surface area (Å²) in [6, 6.07) is 0. The third-order valence-corrected chi connectivity index (χ3v) is 7.18. The number of hydrogen-bond acceptors (Lipinski definition) is 2. The molecule has 1 aliphatic rings. The summed E-state index contributed by atoms with van der Waals surface area (Å²) in [6.07, 6.45) is 5.41. The number of ether oxygens (including phenoxy) is 1. The van der Waals surface area contributed by atoms with Crippen LogP contribution < -0.4 is 0 Å². The van der Waals surface area contributed by atoms with Gasteiger partial charge in [-0.15, -0.1) is 0 Å². The summed E-state index contributed by atoms with van der Waals surface area (Å²) in [7, 11) is 0. The topological polar surface area (TPSA) is 18.5 Å². The minimum atomic E-state index is -0.977. The van der Waals surface area contributed by atoms with Gasteiger partial charge >= 0.3 is 14.5 Å². The van der Waals surface area contributed by atoms with E-state index in [1.807, 2.05) is 0 Å². The van der Waals surface area contributed by atoms with Gasteiger partial charge in [0.1, 0.15) is 0 Å². The first-order valence-electron chi connectivity index (χ1n) is 7.81. The summed E-state index contributed by atoms with van der Waals surface area (Å²) in [5.74, 6) is 1.57. The predicted octanol–water partition coefficient (Wildman–Crippen LogP) is 4.27. The van der Waals surface area contributed by atoms with Crippen molar-refractivity contribution < 1.29 is 8.53 Å². The van der Waals surface area contributed by atoms with E-state index < -0.39 is 14.5 Å². The van der Waals surface area contributed by atoms with Gasteiger partial charge < -0.3 is 8.53 Å². The lowest BCUT2D eigenvalue weighted by Gasteiger charge is -2.24. The van der Waals surface area contributed by atoms with Crippen LogP contribution in [0.3, 0.4) is 0 Å². The van der Waals surface area contributed by atoms with Crippen LogP contribution >= 0.6 is 0 Å². The zero-order chi connectivity index (χ0) is 13.4. The maximum atomic E-state index is 6.23. The van der Waals surface area contributed by atoms with Crippen LogP contribution in [0.15, 0.2) is 0 Å².